The van der Waals surface area contributed by atoms with Gasteiger partial charge >= 0.3 is 0 Å². The molecule has 0 saturated carbocycles. The predicted octanol–water partition coefficient (Wildman–Crippen LogP) is 5.08. The first kappa shape index (κ1) is 13.1. The molecule has 0 fully saturated rings. The highest BCUT2D eigenvalue weighted by atomic mass is 35.5. The monoisotopic (exact) mass is 262 g/mol. The smallest absolute Gasteiger partial charge is 0.123 e. The summed E-state index contributed by atoms with van der Waals surface area (Å²) in [6.07, 6.45) is 0. The molecule has 2 rings (SSSR count). The molecule has 0 amide bonds. The number of rotatable bonds is 2. The Bertz CT molecular complexity index is 575. The quantitative estimate of drug-likeness (QED) is 0.662. The Labute approximate surface area is 112 Å². The Morgan fingerprint density at radius 2 is 1.61 bits per heavy atom. The van der Waals surface area contributed by atoms with Gasteiger partial charge in [0.25, 0.3) is 0 Å². The maximum absolute atomic E-state index is 13.1. The number of alkyl halides is 1. The molecule has 0 radical (unpaired) electrons. The third-order valence-electron chi connectivity index (χ3n) is 3.21. The summed E-state index contributed by atoms with van der Waals surface area (Å²) in [4.78, 5) is 0. The zero-order valence-corrected chi connectivity index (χ0v) is 11.6. The molecule has 0 aliphatic rings. The average molecular weight is 263 g/mol. The van der Waals surface area contributed by atoms with Gasteiger partial charge in [0.2, 0.25) is 0 Å². The molecule has 0 aliphatic carbocycles. The van der Waals surface area contributed by atoms with Crippen molar-refractivity contribution in [1.82, 2.24) is 0 Å². The number of hydrogen-bond acceptors (Lipinski definition) is 0. The molecule has 0 aromatic heterocycles. The van der Waals surface area contributed by atoms with Crippen molar-refractivity contribution >= 4 is 11.6 Å². The van der Waals surface area contributed by atoms with Crippen LogP contribution in [-0.4, -0.2) is 0 Å². The van der Waals surface area contributed by atoms with Crippen molar-refractivity contribution in [2.75, 3.05) is 0 Å². The second-order valence-corrected chi connectivity index (χ2v) is 5.16. The normalized spacial score (nSPS) is 12.5. The first-order valence-corrected chi connectivity index (χ1v) is 6.40. The molecule has 0 aliphatic heterocycles. The van der Waals surface area contributed by atoms with Gasteiger partial charge in [-0.2, -0.15) is 0 Å². The Morgan fingerprint density at radius 3 is 2.28 bits per heavy atom. The van der Waals surface area contributed by atoms with Crippen LogP contribution in [0.3, 0.4) is 0 Å². The minimum Gasteiger partial charge on any atom is -0.207 e. The molecule has 2 aromatic rings. The second-order valence-electron chi connectivity index (χ2n) is 4.72. The van der Waals surface area contributed by atoms with Gasteiger partial charge in [-0.05, 0) is 55.2 Å². The minimum atomic E-state index is -0.231. The van der Waals surface area contributed by atoms with Crippen LogP contribution in [0.1, 0.15) is 33.2 Å². The summed E-state index contributed by atoms with van der Waals surface area (Å²) in [6.45, 7) is 5.98. The average Bonchev–Trinajstić information content (AvgIpc) is 2.31. The van der Waals surface area contributed by atoms with Crippen molar-refractivity contribution in [3.63, 3.8) is 0 Å². The molecular formula is C16H16ClF. The number of aryl methyl sites for hydroxylation is 3. The molecule has 94 valence electrons. The molecule has 0 spiro atoms. The van der Waals surface area contributed by atoms with Crippen LogP contribution < -0.4 is 0 Å². The van der Waals surface area contributed by atoms with Crippen LogP contribution in [0.4, 0.5) is 4.39 Å². The van der Waals surface area contributed by atoms with E-state index in [1.165, 1.54) is 17.7 Å². The molecule has 0 nitrogen and oxygen atoms in total. The Kier molecular flexibility index (Phi) is 3.72. The SMILES string of the molecule is Cc1ccc(C)c(C(Cl)c2ccc(F)cc2C)c1. The highest BCUT2D eigenvalue weighted by Crippen LogP contribution is 2.33. The van der Waals surface area contributed by atoms with E-state index in [2.05, 4.69) is 18.2 Å². The van der Waals surface area contributed by atoms with E-state index in [-0.39, 0.29) is 11.2 Å². The van der Waals surface area contributed by atoms with Gasteiger partial charge in [0.05, 0.1) is 5.38 Å². The van der Waals surface area contributed by atoms with E-state index in [1.807, 2.05) is 20.8 Å². The molecule has 0 N–H and O–H groups in total. The van der Waals surface area contributed by atoms with Gasteiger partial charge in [-0.15, -0.1) is 11.6 Å². The molecule has 0 bridgehead atoms. The maximum atomic E-state index is 13.1. The Morgan fingerprint density at radius 1 is 0.889 bits per heavy atom. The lowest BCUT2D eigenvalue weighted by Gasteiger charge is -2.16. The molecular weight excluding hydrogens is 247 g/mol. The third-order valence-corrected chi connectivity index (χ3v) is 3.68. The van der Waals surface area contributed by atoms with Crippen LogP contribution >= 0.6 is 11.6 Å². The zero-order chi connectivity index (χ0) is 13.3. The van der Waals surface area contributed by atoms with Crippen molar-refractivity contribution in [2.45, 2.75) is 26.1 Å². The van der Waals surface area contributed by atoms with E-state index in [0.29, 0.717) is 0 Å². The molecule has 0 heterocycles. The van der Waals surface area contributed by atoms with Gasteiger partial charge in [-0.1, -0.05) is 29.8 Å². The lowest BCUT2D eigenvalue weighted by Crippen LogP contribution is -2.00. The van der Waals surface area contributed by atoms with Gasteiger partial charge in [0.15, 0.2) is 0 Å². The lowest BCUT2D eigenvalue weighted by atomic mass is 9.95. The lowest BCUT2D eigenvalue weighted by molar-refractivity contribution is 0.625. The fraction of sp³-hybridized carbons (Fsp3) is 0.250. The summed E-state index contributed by atoms with van der Waals surface area (Å²) in [5.74, 6) is -0.221. The van der Waals surface area contributed by atoms with E-state index >= 15 is 0 Å². The topological polar surface area (TPSA) is 0 Å². The summed E-state index contributed by atoms with van der Waals surface area (Å²) < 4.78 is 13.1. The second kappa shape index (κ2) is 5.11. The van der Waals surface area contributed by atoms with Crippen LogP contribution in [0.15, 0.2) is 36.4 Å². The molecule has 18 heavy (non-hydrogen) atoms. The number of halogens is 2. The van der Waals surface area contributed by atoms with Gasteiger partial charge in [-0.3, -0.25) is 0 Å². The summed E-state index contributed by atoms with van der Waals surface area (Å²) in [5.41, 5.74) is 5.28. The summed E-state index contributed by atoms with van der Waals surface area (Å²) in [5, 5.41) is -0.231. The summed E-state index contributed by atoms with van der Waals surface area (Å²) >= 11 is 6.54. The molecule has 1 atom stereocenters. The van der Waals surface area contributed by atoms with Crippen molar-refractivity contribution in [3.8, 4) is 0 Å². The standard InChI is InChI=1S/C16H16ClF/c1-10-4-5-11(2)15(8-10)16(17)14-7-6-13(18)9-12(14)3/h4-9,16H,1-3H3. The largest absolute Gasteiger partial charge is 0.207 e. The van der Waals surface area contributed by atoms with E-state index in [0.717, 1.165) is 22.3 Å². The van der Waals surface area contributed by atoms with Gasteiger partial charge in [-0.25, -0.2) is 4.39 Å². The van der Waals surface area contributed by atoms with Crippen LogP contribution in [0.5, 0.6) is 0 Å². The maximum Gasteiger partial charge on any atom is 0.123 e. The number of benzene rings is 2. The third kappa shape index (κ3) is 2.56. The fourth-order valence-electron chi connectivity index (χ4n) is 2.12. The Balaban J connectivity index is 2.47. The first-order valence-electron chi connectivity index (χ1n) is 5.96. The summed E-state index contributed by atoms with van der Waals surface area (Å²) in [6, 6.07) is 11.0. The van der Waals surface area contributed by atoms with Crippen LogP contribution in [0, 0.1) is 26.6 Å². The molecule has 2 aromatic carbocycles. The Hall–Kier alpha value is -1.34. The highest BCUT2D eigenvalue weighted by molar-refractivity contribution is 6.22. The molecule has 1 unspecified atom stereocenters. The van der Waals surface area contributed by atoms with E-state index < -0.39 is 0 Å². The predicted molar refractivity (Wildman–Crippen MR) is 74.7 cm³/mol. The fourth-order valence-corrected chi connectivity index (χ4v) is 2.60. The van der Waals surface area contributed by atoms with Gasteiger partial charge in [0.1, 0.15) is 5.82 Å². The van der Waals surface area contributed by atoms with Crippen molar-refractivity contribution in [1.29, 1.82) is 0 Å². The van der Waals surface area contributed by atoms with Crippen molar-refractivity contribution in [3.05, 3.63) is 70.0 Å². The molecule has 2 heteroatoms. The van der Waals surface area contributed by atoms with E-state index in [4.69, 9.17) is 11.6 Å². The van der Waals surface area contributed by atoms with Crippen LogP contribution in [0.25, 0.3) is 0 Å². The minimum absolute atomic E-state index is 0.221. The van der Waals surface area contributed by atoms with Gasteiger partial charge < -0.3 is 0 Å². The summed E-state index contributed by atoms with van der Waals surface area (Å²) in [7, 11) is 0. The van der Waals surface area contributed by atoms with Gasteiger partial charge in [0, 0.05) is 0 Å². The highest BCUT2D eigenvalue weighted by Gasteiger charge is 2.15. The molecule has 0 saturated heterocycles. The van der Waals surface area contributed by atoms with Crippen LogP contribution in [0.2, 0.25) is 0 Å². The van der Waals surface area contributed by atoms with Crippen molar-refractivity contribution < 1.29 is 4.39 Å². The number of hydrogen-bond donors (Lipinski definition) is 0. The first-order chi connectivity index (χ1) is 8.49. The van der Waals surface area contributed by atoms with E-state index in [9.17, 15) is 4.39 Å². The van der Waals surface area contributed by atoms with E-state index in [1.54, 1.807) is 6.07 Å². The van der Waals surface area contributed by atoms with Crippen molar-refractivity contribution in [2.24, 2.45) is 0 Å². The zero-order valence-electron chi connectivity index (χ0n) is 10.8. The van der Waals surface area contributed by atoms with Crippen LogP contribution in [-0.2, 0) is 0 Å².